The monoisotopic (exact) mass is 439 g/mol. The van der Waals surface area contributed by atoms with E-state index in [1.165, 1.54) is 70.4 Å². The van der Waals surface area contributed by atoms with Crippen molar-refractivity contribution in [2.24, 2.45) is 0 Å². The molecule has 0 aliphatic carbocycles. The van der Waals surface area contributed by atoms with E-state index in [1.54, 1.807) is 6.07 Å². The van der Waals surface area contributed by atoms with Gasteiger partial charge in [-0.05, 0) is 12.5 Å². The van der Waals surface area contributed by atoms with Gasteiger partial charge in [-0.1, -0.05) is 77.6 Å². The van der Waals surface area contributed by atoms with Crippen molar-refractivity contribution in [3.63, 3.8) is 0 Å². The first-order valence-corrected chi connectivity index (χ1v) is 12.0. The van der Waals surface area contributed by atoms with Crippen molar-refractivity contribution in [3.05, 3.63) is 22.7 Å². The van der Waals surface area contributed by atoms with E-state index >= 15 is 0 Å². The molecular weight excluding hydrogens is 398 g/mol. The van der Waals surface area contributed by atoms with E-state index in [1.807, 2.05) is 0 Å². The zero-order valence-electron chi connectivity index (χ0n) is 18.9. The zero-order valence-corrected chi connectivity index (χ0v) is 18.9. The number of unbranched alkanes of at least 4 members (excludes halogenated alkanes) is 11. The van der Waals surface area contributed by atoms with Crippen molar-refractivity contribution in [2.45, 2.75) is 109 Å². The maximum Gasteiger partial charge on any atom is 0.351 e. The lowest BCUT2D eigenvalue weighted by molar-refractivity contribution is -0.0549. The van der Waals surface area contributed by atoms with Crippen molar-refractivity contribution in [3.8, 4) is 0 Å². The molecule has 0 spiro atoms. The second-order valence-corrected chi connectivity index (χ2v) is 8.55. The van der Waals surface area contributed by atoms with Crippen LogP contribution in [0.5, 0.6) is 0 Å². The van der Waals surface area contributed by atoms with Gasteiger partial charge >= 0.3 is 5.69 Å². The predicted octanol–water partition coefficient (Wildman–Crippen LogP) is 2.97. The molecule has 0 radical (unpaired) electrons. The van der Waals surface area contributed by atoms with E-state index in [0.29, 0.717) is 5.82 Å². The maximum atomic E-state index is 12.3. The summed E-state index contributed by atoms with van der Waals surface area (Å²) in [5.41, 5.74) is -0.575. The Morgan fingerprint density at radius 1 is 0.968 bits per heavy atom. The summed E-state index contributed by atoms with van der Waals surface area (Å²) in [6.45, 7) is 2.57. The number of hydrogen-bond acceptors (Lipinski definition) is 7. The van der Waals surface area contributed by atoms with Crippen LogP contribution in [0.3, 0.4) is 0 Å². The summed E-state index contributed by atoms with van der Waals surface area (Å²) in [6.07, 6.45) is 12.5. The van der Waals surface area contributed by atoms with Gasteiger partial charge in [0.25, 0.3) is 0 Å². The Balaban J connectivity index is 1.57. The summed E-state index contributed by atoms with van der Waals surface area (Å²) in [6, 6.07) is 1.65. The number of nitrogens with zero attached hydrogens (tertiary/aromatic N) is 2. The number of anilines is 1. The maximum absolute atomic E-state index is 12.3. The van der Waals surface area contributed by atoms with Crippen LogP contribution >= 0.6 is 0 Å². The highest BCUT2D eigenvalue weighted by molar-refractivity contribution is 5.31. The van der Waals surface area contributed by atoms with E-state index in [0.717, 1.165) is 24.0 Å². The quantitative estimate of drug-likeness (QED) is 0.293. The number of aliphatic hydroxyl groups excluding tert-OH is 3. The Morgan fingerprint density at radius 2 is 1.55 bits per heavy atom. The summed E-state index contributed by atoms with van der Waals surface area (Å²) in [7, 11) is 0. The van der Waals surface area contributed by atoms with Gasteiger partial charge in [0, 0.05) is 12.7 Å². The van der Waals surface area contributed by atoms with Gasteiger partial charge in [0.2, 0.25) is 0 Å². The first-order valence-electron chi connectivity index (χ1n) is 12.0. The average Bonchev–Trinajstić information content (AvgIpc) is 3.05. The molecule has 4 atom stereocenters. The Hall–Kier alpha value is -1.48. The van der Waals surface area contributed by atoms with Gasteiger partial charge in [-0.25, -0.2) is 4.79 Å². The molecule has 0 unspecified atom stereocenters. The molecule has 2 heterocycles. The molecule has 178 valence electrons. The van der Waals surface area contributed by atoms with Crippen LogP contribution in [0, 0.1) is 0 Å². The van der Waals surface area contributed by atoms with Crippen molar-refractivity contribution in [1.82, 2.24) is 9.55 Å². The van der Waals surface area contributed by atoms with Crippen LogP contribution in [0.25, 0.3) is 0 Å². The lowest BCUT2D eigenvalue weighted by atomic mass is 10.1. The highest BCUT2D eigenvalue weighted by Gasteiger charge is 2.43. The van der Waals surface area contributed by atoms with Gasteiger partial charge in [0.15, 0.2) is 6.23 Å². The smallest absolute Gasteiger partial charge is 0.351 e. The molecule has 1 aliphatic heterocycles. The minimum Gasteiger partial charge on any atom is -0.394 e. The standard InChI is InChI=1S/C23H41N3O5/c1-2-3-4-5-6-7-8-9-10-11-12-13-15-24-19-14-16-26(23(30)25-19)22-21(29)20(28)18(17-27)31-22/h14,16,18,20-22,27-29H,2-13,15,17H2,1H3,(H,24,25,30)/t18-,20-,21+,22-/m1/s1. The fraction of sp³-hybridized carbons (Fsp3) is 0.826. The Kier molecular flexibility index (Phi) is 12.1. The molecule has 0 amide bonds. The van der Waals surface area contributed by atoms with Crippen LogP contribution in [0.2, 0.25) is 0 Å². The van der Waals surface area contributed by atoms with Crippen molar-refractivity contribution in [2.75, 3.05) is 18.5 Å². The molecule has 0 bridgehead atoms. The Labute approximate surface area is 185 Å². The van der Waals surface area contributed by atoms with Crippen molar-refractivity contribution in [1.29, 1.82) is 0 Å². The van der Waals surface area contributed by atoms with Gasteiger partial charge in [-0.3, -0.25) is 4.57 Å². The van der Waals surface area contributed by atoms with Gasteiger partial charge in [0.1, 0.15) is 24.1 Å². The number of rotatable bonds is 16. The fourth-order valence-corrected chi connectivity index (χ4v) is 4.00. The van der Waals surface area contributed by atoms with E-state index in [4.69, 9.17) is 4.74 Å². The topological polar surface area (TPSA) is 117 Å². The van der Waals surface area contributed by atoms with E-state index in [-0.39, 0.29) is 0 Å². The van der Waals surface area contributed by atoms with Crippen molar-refractivity contribution < 1.29 is 20.1 Å². The molecule has 1 fully saturated rings. The molecule has 1 aromatic heterocycles. The van der Waals surface area contributed by atoms with Gasteiger partial charge in [-0.15, -0.1) is 0 Å². The Morgan fingerprint density at radius 3 is 2.06 bits per heavy atom. The second-order valence-electron chi connectivity index (χ2n) is 8.55. The number of aromatic nitrogens is 2. The molecule has 0 saturated carbocycles. The minimum atomic E-state index is -1.29. The number of ether oxygens (including phenoxy) is 1. The van der Waals surface area contributed by atoms with Gasteiger partial charge in [-0.2, -0.15) is 4.98 Å². The lowest BCUT2D eigenvalue weighted by Crippen LogP contribution is -2.36. The van der Waals surface area contributed by atoms with E-state index in [9.17, 15) is 20.1 Å². The second kappa shape index (κ2) is 14.6. The first kappa shape index (κ1) is 25.8. The predicted molar refractivity (Wildman–Crippen MR) is 121 cm³/mol. The summed E-state index contributed by atoms with van der Waals surface area (Å²) < 4.78 is 6.51. The molecule has 1 aliphatic rings. The third kappa shape index (κ3) is 8.52. The van der Waals surface area contributed by atoms with Gasteiger partial charge < -0.3 is 25.4 Å². The van der Waals surface area contributed by atoms with Crippen LogP contribution in [-0.2, 0) is 4.74 Å². The van der Waals surface area contributed by atoms with E-state index in [2.05, 4.69) is 17.2 Å². The number of aliphatic hydroxyl groups is 3. The van der Waals surface area contributed by atoms with Crippen LogP contribution in [0.15, 0.2) is 17.1 Å². The molecular formula is C23H41N3O5. The van der Waals surface area contributed by atoms with Crippen LogP contribution < -0.4 is 11.0 Å². The summed E-state index contributed by atoms with van der Waals surface area (Å²) in [5.74, 6) is 0.482. The van der Waals surface area contributed by atoms with Crippen LogP contribution in [0.1, 0.15) is 90.2 Å². The summed E-state index contributed by atoms with van der Waals surface area (Å²) >= 11 is 0. The molecule has 8 heteroatoms. The molecule has 8 nitrogen and oxygen atoms in total. The Bertz CT molecular complexity index is 669. The molecule has 4 N–H and O–H groups in total. The van der Waals surface area contributed by atoms with E-state index < -0.39 is 36.8 Å². The van der Waals surface area contributed by atoms with Crippen molar-refractivity contribution >= 4 is 5.82 Å². The SMILES string of the molecule is CCCCCCCCCCCCCCNc1ccn([C@@H]2O[C@H](CO)[C@@H](O)[C@@H]2O)c(=O)n1. The first-order chi connectivity index (χ1) is 15.1. The highest BCUT2D eigenvalue weighted by atomic mass is 16.6. The largest absolute Gasteiger partial charge is 0.394 e. The zero-order chi connectivity index (χ0) is 22.5. The average molecular weight is 440 g/mol. The minimum absolute atomic E-state index is 0.435. The van der Waals surface area contributed by atoms with Crippen LogP contribution in [0.4, 0.5) is 5.82 Å². The normalized spacial score (nSPS) is 23.4. The number of hydrogen-bond donors (Lipinski definition) is 4. The van der Waals surface area contributed by atoms with Gasteiger partial charge in [0.05, 0.1) is 6.61 Å². The summed E-state index contributed by atoms with van der Waals surface area (Å²) in [4.78, 5) is 16.3. The summed E-state index contributed by atoms with van der Waals surface area (Å²) in [5, 5.41) is 32.2. The molecule has 0 aromatic carbocycles. The lowest BCUT2D eigenvalue weighted by Gasteiger charge is -2.17. The molecule has 31 heavy (non-hydrogen) atoms. The molecule has 1 aromatic rings. The molecule has 1 saturated heterocycles. The third-order valence-electron chi connectivity index (χ3n) is 5.96. The number of nitrogens with one attached hydrogen (secondary N) is 1. The van der Waals surface area contributed by atoms with Crippen LogP contribution in [-0.4, -0.2) is 56.3 Å². The molecule has 2 rings (SSSR count). The third-order valence-corrected chi connectivity index (χ3v) is 5.96. The highest BCUT2D eigenvalue weighted by Crippen LogP contribution is 2.28. The fourth-order valence-electron chi connectivity index (χ4n) is 4.00.